The molecule has 108 valence electrons. The predicted octanol–water partition coefficient (Wildman–Crippen LogP) is -0.189. The van der Waals surface area contributed by atoms with Crippen LogP contribution in [0, 0.1) is 0 Å². The third-order valence-electron chi connectivity index (χ3n) is 3.56. The predicted molar refractivity (Wildman–Crippen MR) is 83.5 cm³/mol. The van der Waals surface area contributed by atoms with Crippen LogP contribution in [-0.4, -0.2) is 22.6 Å². The normalized spacial score (nSPS) is 12.8. The van der Waals surface area contributed by atoms with Crippen molar-refractivity contribution in [2.45, 2.75) is 12.3 Å². The Bertz CT molecular complexity index is 673. The fourth-order valence-electron chi connectivity index (χ4n) is 2.03. The van der Waals surface area contributed by atoms with E-state index in [0.717, 1.165) is 0 Å². The molecule has 2 aromatic carbocycles. The first-order valence-electron chi connectivity index (χ1n) is 6.51. The van der Waals surface area contributed by atoms with E-state index in [-0.39, 0.29) is 62.9 Å². The van der Waals surface area contributed by atoms with Gasteiger partial charge >= 0.3 is 57.4 Å². The van der Waals surface area contributed by atoms with Gasteiger partial charge in [-0.25, -0.2) is 0 Å². The molecule has 1 N–H and O–H groups in total. The van der Waals surface area contributed by atoms with Gasteiger partial charge in [0, 0.05) is 11.1 Å². The molecule has 0 amide bonds. The van der Waals surface area contributed by atoms with Gasteiger partial charge in [-0.3, -0.25) is 9.59 Å². The van der Waals surface area contributed by atoms with E-state index in [2.05, 4.69) is 0 Å². The average molecular weight is 338 g/mol. The molecule has 1 atom stereocenters. The van der Waals surface area contributed by atoms with Gasteiger partial charge in [0.2, 0.25) is 0 Å². The Morgan fingerprint density at radius 1 is 1.05 bits per heavy atom. The summed E-state index contributed by atoms with van der Waals surface area (Å²) < 4.78 is 0. The van der Waals surface area contributed by atoms with E-state index in [9.17, 15) is 14.7 Å². The molecule has 2 rings (SSSR count). The van der Waals surface area contributed by atoms with Gasteiger partial charge in [-0.15, -0.1) is 0 Å². The van der Waals surface area contributed by atoms with E-state index < -0.39 is 11.4 Å². The molecule has 1 unspecified atom stereocenters. The van der Waals surface area contributed by atoms with Crippen LogP contribution < -0.4 is 51.4 Å². The second-order valence-corrected chi connectivity index (χ2v) is 5.35. The van der Waals surface area contributed by atoms with Crippen molar-refractivity contribution in [2.75, 3.05) is 5.75 Å². The standard InChI is InChI=1S/C17H16O3S.K/c1-17(11-21,16(19)20)14-9-5-8-13(10-14)15(18)12-6-3-2-4-7-12;/h2-10,21H,11H2,1H3,(H,19,20);/q;+1/p-1. The second kappa shape index (κ2) is 8.43. The molecule has 5 heteroatoms. The average Bonchev–Trinajstić information content (AvgIpc) is 2.54. The maximum absolute atomic E-state index is 12.4. The van der Waals surface area contributed by atoms with E-state index >= 15 is 0 Å². The van der Waals surface area contributed by atoms with E-state index in [1.165, 1.54) is 0 Å². The Balaban J connectivity index is 0.00000242. The Kier molecular flexibility index (Phi) is 7.51. The van der Waals surface area contributed by atoms with Crippen LogP contribution in [0.5, 0.6) is 0 Å². The van der Waals surface area contributed by atoms with Gasteiger partial charge in [0.1, 0.15) is 0 Å². The quantitative estimate of drug-likeness (QED) is 0.466. The molecule has 0 heterocycles. The van der Waals surface area contributed by atoms with Crippen LogP contribution in [0.4, 0.5) is 0 Å². The van der Waals surface area contributed by atoms with Gasteiger partial charge < -0.3 is 17.7 Å². The molecule has 2 aromatic rings. The maximum Gasteiger partial charge on any atom is 1.00 e. The number of aliphatic carboxylic acids is 1. The maximum atomic E-state index is 12.4. The fraction of sp³-hybridized carbons (Fsp3) is 0.176. The van der Waals surface area contributed by atoms with Crippen LogP contribution >= 0.6 is 0 Å². The van der Waals surface area contributed by atoms with Crippen molar-refractivity contribution in [2.24, 2.45) is 0 Å². The van der Waals surface area contributed by atoms with Crippen molar-refractivity contribution >= 4 is 24.4 Å². The molecule has 0 bridgehead atoms. The summed E-state index contributed by atoms with van der Waals surface area (Å²) in [4.78, 5) is 23.9. The zero-order chi connectivity index (χ0) is 15.5. The van der Waals surface area contributed by atoms with Gasteiger partial charge in [0.05, 0.1) is 5.41 Å². The van der Waals surface area contributed by atoms with Crippen molar-refractivity contribution in [1.29, 1.82) is 0 Å². The minimum atomic E-state index is -1.16. The van der Waals surface area contributed by atoms with Crippen molar-refractivity contribution in [3.05, 3.63) is 71.3 Å². The number of ketones is 1. The third-order valence-corrected chi connectivity index (χ3v) is 4.14. The largest absolute Gasteiger partial charge is 1.00 e. The molecule has 0 saturated carbocycles. The van der Waals surface area contributed by atoms with Gasteiger partial charge in [0.15, 0.2) is 5.78 Å². The minimum Gasteiger partial charge on any atom is -0.791 e. The number of hydrogen-bond acceptors (Lipinski definition) is 3. The number of benzene rings is 2. The Hall–Kier alpha value is -0.434. The van der Waals surface area contributed by atoms with Gasteiger partial charge in [-0.1, -0.05) is 48.5 Å². The van der Waals surface area contributed by atoms with Crippen molar-refractivity contribution in [3.8, 4) is 0 Å². The van der Waals surface area contributed by atoms with Crippen LogP contribution in [0.2, 0.25) is 0 Å². The minimum absolute atomic E-state index is 0. The molecule has 0 radical (unpaired) electrons. The number of carboxylic acids is 1. The molecule has 0 aliphatic heterocycles. The monoisotopic (exact) mass is 338 g/mol. The summed E-state index contributed by atoms with van der Waals surface area (Å²) >= 11 is 4.98. The zero-order valence-corrected chi connectivity index (χ0v) is 16.5. The molecule has 0 aliphatic rings. The van der Waals surface area contributed by atoms with E-state index in [1.807, 2.05) is 6.07 Å². The molecular weight excluding hydrogens is 323 g/mol. The van der Waals surface area contributed by atoms with E-state index in [1.54, 1.807) is 55.5 Å². The SMILES string of the molecule is CC(C[S-])(C(=O)O)c1cccc(C(=O)c2ccccc2)c1.[K+]. The Morgan fingerprint density at radius 3 is 2.18 bits per heavy atom. The second-order valence-electron chi connectivity index (χ2n) is 5.06. The summed E-state index contributed by atoms with van der Waals surface area (Å²) in [6.07, 6.45) is 0. The summed E-state index contributed by atoms with van der Waals surface area (Å²) in [7, 11) is 0. The first-order valence-corrected chi connectivity index (χ1v) is 7.08. The Morgan fingerprint density at radius 2 is 1.64 bits per heavy atom. The van der Waals surface area contributed by atoms with Crippen molar-refractivity contribution in [1.82, 2.24) is 0 Å². The summed E-state index contributed by atoms with van der Waals surface area (Å²) in [6, 6.07) is 15.6. The van der Waals surface area contributed by atoms with Gasteiger partial charge in [-0.05, 0) is 18.6 Å². The first-order chi connectivity index (χ1) is 9.99. The molecule has 0 spiro atoms. The molecule has 3 nitrogen and oxygen atoms in total. The number of carbonyl (C=O) groups is 2. The Labute approximate surface area is 178 Å². The topological polar surface area (TPSA) is 54.4 Å². The van der Waals surface area contributed by atoms with Crippen LogP contribution in [-0.2, 0) is 22.8 Å². The van der Waals surface area contributed by atoms with E-state index in [4.69, 9.17) is 12.6 Å². The first kappa shape index (κ1) is 19.6. The summed E-state index contributed by atoms with van der Waals surface area (Å²) in [5.74, 6) is -1.07. The number of hydrogen-bond donors (Lipinski definition) is 1. The fourth-order valence-corrected chi connectivity index (χ4v) is 2.32. The summed E-state index contributed by atoms with van der Waals surface area (Å²) in [5, 5.41) is 9.38. The van der Waals surface area contributed by atoms with E-state index in [0.29, 0.717) is 16.7 Å². The zero-order valence-electron chi connectivity index (χ0n) is 12.6. The smallest absolute Gasteiger partial charge is 0.791 e. The molecule has 0 aromatic heterocycles. The summed E-state index contributed by atoms with van der Waals surface area (Å²) in [5.41, 5.74) is 0.425. The van der Waals surface area contributed by atoms with Crippen LogP contribution in [0.3, 0.4) is 0 Å². The van der Waals surface area contributed by atoms with Crippen molar-refractivity contribution in [3.63, 3.8) is 0 Å². The van der Waals surface area contributed by atoms with Crippen molar-refractivity contribution < 1.29 is 66.1 Å². The van der Waals surface area contributed by atoms with Crippen LogP contribution in [0.15, 0.2) is 54.6 Å². The van der Waals surface area contributed by atoms with Crippen LogP contribution in [0.1, 0.15) is 28.4 Å². The molecule has 0 aliphatic carbocycles. The molecule has 0 fully saturated rings. The van der Waals surface area contributed by atoms with Crippen LogP contribution in [0.25, 0.3) is 0 Å². The number of rotatable bonds is 5. The number of carbonyl (C=O) groups excluding carboxylic acids is 1. The number of carboxylic acid groups (broad SMARTS) is 1. The van der Waals surface area contributed by atoms with Gasteiger partial charge in [-0.2, -0.15) is 5.75 Å². The molecule has 22 heavy (non-hydrogen) atoms. The van der Waals surface area contributed by atoms with Gasteiger partial charge in [0.25, 0.3) is 0 Å². The molecular formula is C17H15KO3S. The summed E-state index contributed by atoms with van der Waals surface area (Å²) in [6.45, 7) is 1.58. The molecule has 0 saturated heterocycles. The third kappa shape index (κ3) is 4.10.